The molecule has 1 N–H and O–H groups in total. The zero-order valence-corrected chi connectivity index (χ0v) is 13.4. The van der Waals surface area contributed by atoms with Gasteiger partial charge in [-0.1, -0.05) is 66.3 Å². The standard InChI is InChI=1S/C22H23N/c1-2-8-17(9-3-1)14-18-15-19(16-20-10-6-7-13-23-20)22-12-5-4-11-21(18)22/h2,4-13,15,18,20,23H,1,3,14,16H2. The Balaban J connectivity index is 1.57. The fourth-order valence-electron chi connectivity index (χ4n) is 3.81. The first kappa shape index (κ1) is 14.3. The topological polar surface area (TPSA) is 12.0 Å². The molecule has 116 valence electrons. The van der Waals surface area contributed by atoms with Crippen molar-refractivity contribution in [1.29, 1.82) is 0 Å². The predicted octanol–water partition coefficient (Wildman–Crippen LogP) is 5.27. The van der Waals surface area contributed by atoms with Gasteiger partial charge in [0.2, 0.25) is 0 Å². The Labute approximate surface area is 138 Å². The summed E-state index contributed by atoms with van der Waals surface area (Å²) in [5.74, 6) is 0.526. The molecule has 0 spiro atoms. The van der Waals surface area contributed by atoms with E-state index in [4.69, 9.17) is 0 Å². The lowest BCUT2D eigenvalue weighted by Crippen LogP contribution is -2.23. The number of dihydropyridines is 1. The van der Waals surface area contributed by atoms with Crippen molar-refractivity contribution >= 4 is 5.57 Å². The smallest absolute Gasteiger partial charge is 0.0482 e. The minimum Gasteiger partial charge on any atom is -0.384 e. The van der Waals surface area contributed by atoms with Gasteiger partial charge in [0.1, 0.15) is 0 Å². The molecule has 0 bridgehead atoms. The zero-order valence-electron chi connectivity index (χ0n) is 13.4. The van der Waals surface area contributed by atoms with Crippen molar-refractivity contribution in [3.63, 3.8) is 0 Å². The van der Waals surface area contributed by atoms with Gasteiger partial charge in [-0.25, -0.2) is 0 Å². The maximum Gasteiger partial charge on any atom is 0.0482 e. The van der Waals surface area contributed by atoms with Crippen LogP contribution in [0, 0.1) is 0 Å². The maximum atomic E-state index is 3.44. The number of hydrogen-bond donors (Lipinski definition) is 1. The summed E-state index contributed by atoms with van der Waals surface area (Å²) in [6.07, 6.45) is 22.6. The maximum absolute atomic E-state index is 3.44. The molecule has 2 aliphatic carbocycles. The minimum absolute atomic E-state index is 0.409. The van der Waals surface area contributed by atoms with Crippen molar-refractivity contribution in [3.05, 3.63) is 89.7 Å². The van der Waals surface area contributed by atoms with Crippen LogP contribution in [0.25, 0.3) is 5.57 Å². The van der Waals surface area contributed by atoms with E-state index in [1.807, 2.05) is 6.20 Å². The van der Waals surface area contributed by atoms with Crippen LogP contribution in [0.3, 0.4) is 0 Å². The summed E-state index contributed by atoms with van der Waals surface area (Å²) < 4.78 is 0. The van der Waals surface area contributed by atoms with Crippen LogP contribution >= 0.6 is 0 Å². The Kier molecular flexibility index (Phi) is 4.02. The molecule has 23 heavy (non-hydrogen) atoms. The van der Waals surface area contributed by atoms with E-state index in [1.165, 1.54) is 35.1 Å². The van der Waals surface area contributed by atoms with Crippen LogP contribution in [0.15, 0.2) is 78.6 Å². The molecule has 0 aromatic heterocycles. The summed E-state index contributed by atoms with van der Waals surface area (Å²) in [5, 5.41) is 3.44. The van der Waals surface area contributed by atoms with Crippen LogP contribution in [-0.4, -0.2) is 6.04 Å². The molecule has 1 aliphatic heterocycles. The van der Waals surface area contributed by atoms with Crippen LogP contribution in [0.2, 0.25) is 0 Å². The van der Waals surface area contributed by atoms with Crippen LogP contribution in [0.1, 0.15) is 42.7 Å². The van der Waals surface area contributed by atoms with Crippen LogP contribution in [-0.2, 0) is 0 Å². The number of fused-ring (bicyclic) bond motifs is 1. The number of allylic oxidation sites excluding steroid dienone is 7. The molecule has 2 unspecified atom stereocenters. The van der Waals surface area contributed by atoms with Gasteiger partial charge in [0.15, 0.2) is 0 Å². The molecule has 0 saturated heterocycles. The molecule has 1 nitrogen and oxygen atoms in total. The van der Waals surface area contributed by atoms with Gasteiger partial charge >= 0.3 is 0 Å². The number of nitrogens with one attached hydrogen (secondary N) is 1. The minimum atomic E-state index is 0.409. The highest BCUT2D eigenvalue weighted by Crippen LogP contribution is 2.41. The summed E-state index contributed by atoms with van der Waals surface area (Å²) in [4.78, 5) is 0. The lowest BCUT2D eigenvalue weighted by atomic mass is 9.91. The first-order chi connectivity index (χ1) is 11.4. The van der Waals surface area contributed by atoms with Gasteiger partial charge in [-0.15, -0.1) is 0 Å². The van der Waals surface area contributed by atoms with E-state index < -0.39 is 0 Å². The van der Waals surface area contributed by atoms with Gasteiger partial charge in [0.25, 0.3) is 0 Å². The van der Waals surface area contributed by atoms with E-state index in [0.717, 1.165) is 12.8 Å². The van der Waals surface area contributed by atoms with Gasteiger partial charge in [0.05, 0.1) is 0 Å². The van der Waals surface area contributed by atoms with E-state index in [9.17, 15) is 0 Å². The second-order valence-corrected chi connectivity index (χ2v) is 6.57. The normalized spacial score (nSPS) is 24.9. The van der Waals surface area contributed by atoms with E-state index in [0.29, 0.717) is 12.0 Å². The molecule has 2 atom stereocenters. The predicted molar refractivity (Wildman–Crippen MR) is 98.1 cm³/mol. The summed E-state index contributed by atoms with van der Waals surface area (Å²) in [7, 11) is 0. The molecule has 0 saturated carbocycles. The molecule has 1 aromatic carbocycles. The first-order valence-corrected chi connectivity index (χ1v) is 8.65. The van der Waals surface area contributed by atoms with Gasteiger partial charge in [-0.2, -0.15) is 0 Å². The fraction of sp³-hybridized carbons (Fsp3) is 0.273. The highest BCUT2D eigenvalue weighted by atomic mass is 14.9. The molecular weight excluding hydrogens is 278 g/mol. The van der Waals surface area contributed by atoms with E-state index in [2.05, 4.69) is 72.1 Å². The largest absolute Gasteiger partial charge is 0.384 e. The molecule has 1 heterocycles. The van der Waals surface area contributed by atoms with Gasteiger partial charge in [-0.05, 0) is 54.7 Å². The van der Waals surface area contributed by atoms with Crippen molar-refractivity contribution in [1.82, 2.24) is 5.32 Å². The van der Waals surface area contributed by atoms with Crippen LogP contribution < -0.4 is 5.32 Å². The monoisotopic (exact) mass is 301 g/mol. The van der Waals surface area contributed by atoms with E-state index in [-0.39, 0.29) is 0 Å². The highest BCUT2D eigenvalue weighted by Gasteiger charge is 2.24. The second kappa shape index (κ2) is 6.45. The zero-order chi connectivity index (χ0) is 15.5. The highest BCUT2D eigenvalue weighted by molar-refractivity contribution is 5.75. The van der Waals surface area contributed by atoms with Crippen LogP contribution in [0.4, 0.5) is 0 Å². The van der Waals surface area contributed by atoms with E-state index >= 15 is 0 Å². The third-order valence-corrected chi connectivity index (χ3v) is 4.94. The lowest BCUT2D eigenvalue weighted by molar-refractivity contribution is 0.711. The number of benzene rings is 1. The van der Waals surface area contributed by atoms with Crippen molar-refractivity contribution < 1.29 is 0 Å². The van der Waals surface area contributed by atoms with Crippen molar-refractivity contribution in [2.24, 2.45) is 0 Å². The SMILES string of the molecule is C1=CNC(CC2=CC(CC3=CCCC=C3)c3ccccc32)C=C1. The molecule has 3 aliphatic rings. The Morgan fingerprint density at radius 1 is 1.04 bits per heavy atom. The summed E-state index contributed by atoms with van der Waals surface area (Å²) >= 11 is 0. The van der Waals surface area contributed by atoms with Gasteiger partial charge < -0.3 is 5.32 Å². The molecule has 0 amide bonds. The molecule has 4 rings (SSSR count). The van der Waals surface area contributed by atoms with Crippen molar-refractivity contribution in [3.8, 4) is 0 Å². The summed E-state index contributed by atoms with van der Waals surface area (Å²) in [5.41, 5.74) is 5.93. The van der Waals surface area contributed by atoms with Crippen molar-refractivity contribution in [2.75, 3.05) is 0 Å². The second-order valence-electron chi connectivity index (χ2n) is 6.57. The van der Waals surface area contributed by atoms with Crippen molar-refractivity contribution in [2.45, 2.75) is 37.6 Å². The summed E-state index contributed by atoms with van der Waals surface area (Å²) in [6, 6.07) is 9.34. The summed E-state index contributed by atoms with van der Waals surface area (Å²) in [6.45, 7) is 0. The third-order valence-electron chi connectivity index (χ3n) is 4.94. The first-order valence-electron chi connectivity index (χ1n) is 8.65. The Morgan fingerprint density at radius 2 is 2.00 bits per heavy atom. The Hall–Kier alpha value is -2.28. The number of hydrogen-bond acceptors (Lipinski definition) is 1. The quantitative estimate of drug-likeness (QED) is 0.799. The van der Waals surface area contributed by atoms with Gasteiger partial charge in [-0.3, -0.25) is 0 Å². The molecule has 1 heteroatoms. The average molecular weight is 301 g/mol. The Bertz CT molecular complexity index is 730. The molecular formula is C22H23N. The fourth-order valence-corrected chi connectivity index (χ4v) is 3.81. The lowest BCUT2D eigenvalue weighted by Gasteiger charge is -2.17. The number of rotatable bonds is 4. The molecule has 0 fully saturated rings. The van der Waals surface area contributed by atoms with Crippen LogP contribution in [0.5, 0.6) is 0 Å². The third kappa shape index (κ3) is 3.10. The average Bonchev–Trinajstić information content (AvgIpc) is 2.95. The molecule has 1 aromatic rings. The van der Waals surface area contributed by atoms with Gasteiger partial charge in [0, 0.05) is 12.0 Å². The molecule has 0 radical (unpaired) electrons. The Morgan fingerprint density at radius 3 is 2.83 bits per heavy atom. The van der Waals surface area contributed by atoms with E-state index in [1.54, 1.807) is 0 Å².